The summed E-state index contributed by atoms with van der Waals surface area (Å²) in [5.74, 6) is 0.119. The molecule has 0 radical (unpaired) electrons. The van der Waals surface area contributed by atoms with Crippen LogP contribution < -0.4 is 15.8 Å². The van der Waals surface area contributed by atoms with Crippen molar-refractivity contribution in [1.82, 2.24) is 0 Å². The van der Waals surface area contributed by atoms with Crippen LogP contribution in [-0.2, 0) is 4.79 Å². The van der Waals surface area contributed by atoms with Gasteiger partial charge in [0.2, 0.25) is 5.91 Å². The highest BCUT2D eigenvalue weighted by Crippen LogP contribution is 2.32. The summed E-state index contributed by atoms with van der Waals surface area (Å²) in [5, 5.41) is 3.30. The van der Waals surface area contributed by atoms with Gasteiger partial charge in [-0.2, -0.15) is 0 Å². The number of ether oxygens (including phenoxy) is 1. The van der Waals surface area contributed by atoms with Gasteiger partial charge in [0.05, 0.1) is 12.2 Å². The molecule has 5 nitrogen and oxygen atoms in total. The normalized spacial score (nSPS) is 10.3. The lowest BCUT2D eigenvalue weighted by Gasteiger charge is -2.07. The zero-order valence-corrected chi connectivity index (χ0v) is 14.0. The van der Waals surface area contributed by atoms with E-state index in [9.17, 15) is 9.59 Å². The minimum Gasteiger partial charge on any atom is -0.494 e. The van der Waals surface area contributed by atoms with Gasteiger partial charge in [0.1, 0.15) is 10.8 Å². The molecular formula is C17H20N2O3S. The molecule has 23 heavy (non-hydrogen) atoms. The van der Waals surface area contributed by atoms with E-state index in [1.807, 2.05) is 44.2 Å². The van der Waals surface area contributed by atoms with E-state index in [0.29, 0.717) is 30.0 Å². The van der Waals surface area contributed by atoms with E-state index in [0.717, 1.165) is 16.2 Å². The van der Waals surface area contributed by atoms with Crippen molar-refractivity contribution in [3.63, 3.8) is 0 Å². The van der Waals surface area contributed by atoms with Gasteiger partial charge in [0, 0.05) is 11.3 Å². The molecule has 0 spiro atoms. The van der Waals surface area contributed by atoms with Crippen molar-refractivity contribution in [3.8, 4) is 5.75 Å². The number of carbonyl (C=O) groups is 2. The Bertz CT molecular complexity index is 695. The summed E-state index contributed by atoms with van der Waals surface area (Å²) in [6.45, 7) is 4.19. The van der Waals surface area contributed by atoms with Gasteiger partial charge in [-0.15, -0.1) is 11.3 Å². The average molecular weight is 332 g/mol. The number of hydrogen-bond acceptors (Lipinski definition) is 4. The minimum absolute atomic E-state index is 0.148. The second-order valence-corrected chi connectivity index (χ2v) is 6.39. The first-order valence-corrected chi connectivity index (χ1v) is 8.18. The van der Waals surface area contributed by atoms with Crippen molar-refractivity contribution in [1.29, 1.82) is 0 Å². The summed E-state index contributed by atoms with van der Waals surface area (Å²) < 4.78 is 5.54. The highest BCUT2D eigenvalue weighted by molar-refractivity contribution is 7.16. The molecule has 1 heterocycles. The highest BCUT2D eigenvalue weighted by Gasteiger charge is 2.18. The zero-order valence-electron chi connectivity index (χ0n) is 13.2. The standard InChI is InChI=1S/C17H20N2O3S/c1-11-12(2)23-17(15(11)16(18)21)19-14(20)9-6-10-22-13-7-4-3-5-8-13/h3-5,7-8H,6,9-10H2,1-2H3,(H2,18,21)(H,19,20). The fourth-order valence-electron chi connectivity index (χ4n) is 2.14. The Balaban J connectivity index is 1.83. The molecule has 1 aromatic heterocycles. The lowest BCUT2D eigenvalue weighted by atomic mass is 10.1. The molecule has 0 aliphatic heterocycles. The van der Waals surface area contributed by atoms with Crippen molar-refractivity contribution in [2.75, 3.05) is 11.9 Å². The molecule has 3 N–H and O–H groups in total. The average Bonchev–Trinajstić information content (AvgIpc) is 2.79. The molecule has 0 saturated heterocycles. The number of amides is 2. The largest absolute Gasteiger partial charge is 0.494 e. The first-order chi connectivity index (χ1) is 11.0. The molecule has 0 aliphatic carbocycles. The van der Waals surface area contributed by atoms with E-state index >= 15 is 0 Å². The van der Waals surface area contributed by atoms with E-state index < -0.39 is 5.91 Å². The Morgan fingerprint density at radius 3 is 2.57 bits per heavy atom. The third kappa shape index (κ3) is 4.56. The fourth-order valence-corrected chi connectivity index (χ4v) is 3.22. The van der Waals surface area contributed by atoms with Crippen LogP contribution in [-0.4, -0.2) is 18.4 Å². The molecule has 0 atom stereocenters. The number of carbonyl (C=O) groups excluding carboxylic acids is 2. The molecule has 2 rings (SSSR count). The molecule has 0 unspecified atom stereocenters. The predicted molar refractivity (Wildman–Crippen MR) is 92.1 cm³/mol. The van der Waals surface area contributed by atoms with Crippen LogP contribution in [0.4, 0.5) is 5.00 Å². The van der Waals surface area contributed by atoms with Gasteiger partial charge in [0.25, 0.3) is 5.91 Å². The maximum absolute atomic E-state index is 12.0. The van der Waals surface area contributed by atoms with E-state index in [4.69, 9.17) is 10.5 Å². The van der Waals surface area contributed by atoms with Crippen molar-refractivity contribution in [3.05, 3.63) is 46.3 Å². The van der Waals surface area contributed by atoms with Crippen LogP contribution in [0.2, 0.25) is 0 Å². The minimum atomic E-state index is -0.519. The molecule has 122 valence electrons. The van der Waals surface area contributed by atoms with Gasteiger partial charge in [-0.25, -0.2) is 0 Å². The topological polar surface area (TPSA) is 81.4 Å². The maximum atomic E-state index is 12.0. The first kappa shape index (κ1) is 17.0. The van der Waals surface area contributed by atoms with Gasteiger partial charge in [-0.05, 0) is 38.0 Å². The van der Waals surface area contributed by atoms with Crippen LogP contribution in [0, 0.1) is 13.8 Å². The Kier molecular flexibility index (Phi) is 5.76. The Hall–Kier alpha value is -2.34. The summed E-state index contributed by atoms with van der Waals surface area (Å²) in [6, 6.07) is 9.46. The number of hydrogen-bond donors (Lipinski definition) is 2. The van der Waals surface area contributed by atoms with Gasteiger partial charge in [-0.3, -0.25) is 9.59 Å². The molecular weight excluding hydrogens is 312 g/mol. The Labute approximate surface area is 139 Å². The summed E-state index contributed by atoms with van der Waals surface area (Å²) >= 11 is 1.37. The summed E-state index contributed by atoms with van der Waals surface area (Å²) in [5.41, 5.74) is 6.62. The number of anilines is 1. The first-order valence-electron chi connectivity index (χ1n) is 7.36. The SMILES string of the molecule is Cc1sc(NC(=O)CCCOc2ccccc2)c(C(N)=O)c1C. The van der Waals surface area contributed by atoms with Gasteiger partial charge in [-0.1, -0.05) is 18.2 Å². The number of thiophene rings is 1. The van der Waals surface area contributed by atoms with Crippen molar-refractivity contribution >= 4 is 28.2 Å². The number of nitrogens with two attached hydrogens (primary N) is 1. The quantitative estimate of drug-likeness (QED) is 0.764. The van der Waals surface area contributed by atoms with Crippen LogP contribution in [0.5, 0.6) is 5.75 Å². The molecule has 1 aromatic carbocycles. The third-order valence-electron chi connectivity index (χ3n) is 3.44. The summed E-state index contributed by atoms with van der Waals surface area (Å²) in [6.07, 6.45) is 0.914. The number of para-hydroxylation sites is 1. The van der Waals surface area contributed by atoms with E-state index in [1.165, 1.54) is 11.3 Å². The number of primary amides is 1. The lowest BCUT2D eigenvalue weighted by Crippen LogP contribution is -2.17. The van der Waals surface area contributed by atoms with Crippen molar-refractivity contribution in [2.24, 2.45) is 5.73 Å². The maximum Gasteiger partial charge on any atom is 0.251 e. The number of rotatable bonds is 7. The van der Waals surface area contributed by atoms with Crippen LogP contribution in [0.1, 0.15) is 33.6 Å². The van der Waals surface area contributed by atoms with E-state index in [1.54, 1.807) is 0 Å². The van der Waals surface area contributed by atoms with Crippen LogP contribution in [0.15, 0.2) is 30.3 Å². The molecule has 0 bridgehead atoms. The third-order valence-corrected chi connectivity index (χ3v) is 4.57. The van der Waals surface area contributed by atoms with Gasteiger partial charge >= 0.3 is 0 Å². The number of aryl methyl sites for hydroxylation is 1. The summed E-state index contributed by atoms with van der Waals surface area (Å²) in [7, 11) is 0. The van der Waals surface area contributed by atoms with Crippen molar-refractivity contribution < 1.29 is 14.3 Å². The molecule has 0 saturated carbocycles. The lowest BCUT2D eigenvalue weighted by molar-refractivity contribution is -0.116. The predicted octanol–water partition coefficient (Wildman–Crippen LogP) is 3.26. The van der Waals surface area contributed by atoms with E-state index in [2.05, 4.69) is 5.32 Å². The molecule has 2 aromatic rings. The molecule has 0 aliphatic rings. The number of benzene rings is 1. The van der Waals surface area contributed by atoms with Gasteiger partial charge in [0.15, 0.2) is 0 Å². The summed E-state index contributed by atoms with van der Waals surface area (Å²) in [4.78, 5) is 24.5. The molecule has 6 heteroatoms. The molecule has 2 amide bonds. The van der Waals surface area contributed by atoms with Crippen LogP contribution in [0.3, 0.4) is 0 Å². The fraction of sp³-hybridized carbons (Fsp3) is 0.294. The highest BCUT2D eigenvalue weighted by atomic mass is 32.1. The second kappa shape index (κ2) is 7.78. The monoisotopic (exact) mass is 332 g/mol. The second-order valence-electron chi connectivity index (χ2n) is 5.16. The Morgan fingerprint density at radius 2 is 1.91 bits per heavy atom. The van der Waals surface area contributed by atoms with Crippen LogP contribution >= 0.6 is 11.3 Å². The van der Waals surface area contributed by atoms with Gasteiger partial charge < -0.3 is 15.8 Å². The zero-order chi connectivity index (χ0) is 16.8. The van der Waals surface area contributed by atoms with Crippen molar-refractivity contribution in [2.45, 2.75) is 26.7 Å². The number of nitrogens with one attached hydrogen (secondary N) is 1. The van der Waals surface area contributed by atoms with E-state index in [-0.39, 0.29) is 5.91 Å². The molecule has 0 fully saturated rings. The smallest absolute Gasteiger partial charge is 0.251 e. The van der Waals surface area contributed by atoms with Crippen LogP contribution in [0.25, 0.3) is 0 Å². The Morgan fingerprint density at radius 1 is 1.22 bits per heavy atom.